The summed E-state index contributed by atoms with van der Waals surface area (Å²) in [5.74, 6) is 0. The number of amides is 1. The molecule has 4 heteroatoms. The molecule has 1 amide bonds. The zero-order valence-electron chi connectivity index (χ0n) is 15.4. The Balaban J connectivity index is 1.61. The van der Waals surface area contributed by atoms with Gasteiger partial charge in [0.1, 0.15) is 5.60 Å². The van der Waals surface area contributed by atoms with E-state index in [2.05, 4.69) is 42.3 Å². The Morgan fingerprint density at radius 3 is 2.29 bits per heavy atom. The second kappa shape index (κ2) is 6.75. The molecule has 0 saturated carbocycles. The number of carbonyl (C=O) groups is 1. The molecule has 3 rings (SSSR count). The number of rotatable bonds is 3. The molecule has 2 saturated heterocycles. The highest BCUT2D eigenvalue weighted by Gasteiger charge is 2.45. The van der Waals surface area contributed by atoms with Crippen molar-refractivity contribution in [2.24, 2.45) is 0 Å². The lowest BCUT2D eigenvalue weighted by molar-refractivity contribution is -0.00277. The minimum Gasteiger partial charge on any atom is -0.444 e. The summed E-state index contributed by atoms with van der Waals surface area (Å²) >= 11 is 0. The van der Waals surface area contributed by atoms with Gasteiger partial charge in [-0.2, -0.15) is 0 Å². The molecule has 2 bridgehead atoms. The third kappa shape index (κ3) is 3.92. The van der Waals surface area contributed by atoms with Crippen molar-refractivity contribution in [3.05, 3.63) is 35.9 Å². The van der Waals surface area contributed by atoms with Crippen LogP contribution in [0.1, 0.15) is 52.0 Å². The van der Waals surface area contributed by atoms with Crippen LogP contribution in [0.3, 0.4) is 0 Å². The number of carbonyl (C=O) groups excluding carboxylic acids is 1. The number of nitrogens with zero attached hydrogens (tertiary/aromatic N) is 2. The molecule has 0 aromatic heterocycles. The Morgan fingerprint density at radius 1 is 1.17 bits per heavy atom. The molecule has 2 aliphatic heterocycles. The quantitative estimate of drug-likeness (QED) is 0.838. The van der Waals surface area contributed by atoms with Gasteiger partial charge in [-0.15, -0.1) is 0 Å². The van der Waals surface area contributed by atoms with Crippen molar-refractivity contribution in [1.82, 2.24) is 9.80 Å². The molecule has 0 aliphatic carbocycles. The summed E-state index contributed by atoms with van der Waals surface area (Å²) < 4.78 is 5.62. The van der Waals surface area contributed by atoms with E-state index >= 15 is 0 Å². The highest BCUT2D eigenvalue weighted by atomic mass is 16.6. The van der Waals surface area contributed by atoms with Crippen molar-refractivity contribution in [3.8, 4) is 0 Å². The zero-order valence-corrected chi connectivity index (χ0v) is 15.4. The molecule has 0 radical (unpaired) electrons. The molecule has 1 aromatic rings. The maximum atomic E-state index is 12.5. The van der Waals surface area contributed by atoms with Crippen LogP contribution in [-0.2, 0) is 11.3 Å². The van der Waals surface area contributed by atoms with Crippen LogP contribution in [0, 0.1) is 0 Å². The third-order valence-corrected chi connectivity index (χ3v) is 5.21. The number of piperidine rings is 1. The van der Waals surface area contributed by atoms with Gasteiger partial charge >= 0.3 is 6.09 Å². The molecule has 1 aromatic carbocycles. The normalized spacial score (nSPS) is 26.7. The van der Waals surface area contributed by atoms with Gasteiger partial charge in [-0.05, 0) is 59.1 Å². The van der Waals surface area contributed by atoms with Gasteiger partial charge in [-0.25, -0.2) is 4.79 Å². The van der Waals surface area contributed by atoms with Crippen LogP contribution in [0.15, 0.2) is 30.3 Å². The molecule has 4 nitrogen and oxygen atoms in total. The largest absolute Gasteiger partial charge is 0.444 e. The standard InChI is InChI=1S/C20H30N2O2/c1-20(2,3)24-19(23)22-16-10-11-17(22)13-18(12-16)21(4)14-15-8-6-5-7-9-15/h5-9,16-18H,10-14H2,1-4H3/t16-,17+,18-. The minimum absolute atomic E-state index is 0.126. The van der Waals surface area contributed by atoms with E-state index < -0.39 is 5.60 Å². The second-order valence-corrected chi connectivity index (χ2v) is 8.30. The van der Waals surface area contributed by atoms with Crippen LogP contribution in [0.2, 0.25) is 0 Å². The fourth-order valence-corrected chi connectivity index (χ4v) is 4.12. The van der Waals surface area contributed by atoms with Crippen LogP contribution < -0.4 is 0 Å². The van der Waals surface area contributed by atoms with Crippen molar-refractivity contribution in [2.45, 2.75) is 76.7 Å². The fraction of sp³-hybridized carbons (Fsp3) is 0.650. The van der Waals surface area contributed by atoms with E-state index in [0.717, 1.165) is 32.2 Å². The van der Waals surface area contributed by atoms with Gasteiger partial charge in [-0.1, -0.05) is 30.3 Å². The van der Waals surface area contributed by atoms with Gasteiger partial charge in [0.25, 0.3) is 0 Å². The van der Waals surface area contributed by atoms with E-state index in [0.29, 0.717) is 18.1 Å². The molecular formula is C20H30N2O2. The van der Waals surface area contributed by atoms with Crippen molar-refractivity contribution >= 4 is 6.09 Å². The monoisotopic (exact) mass is 330 g/mol. The predicted octanol–water partition coefficient (Wildman–Crippen LogP) is 4.05. The first-order chi connectivity index (χ1) is 11.3. The number of fused-ring (bicyclic) bond motifs is 2. The van der Waals surface area contributed by atoms with Gasteiger partial charge in [0.05, 0.1) is 0 Å². The molecule has 0 spiro atoms. The van der Waals surface area contributed by atoms with Crippen LogP contribution in [0.4, 0.5) is 4.79 Å². The summed E-state index contributed by atoms with van der Waals surface area (Å²) in [6.07, 6.45) is 4.20. The van der Waals surface area contributed by atoms with Gasteiger partial charge in [0.2, 0.25) is 0 Å². The molecule has 24 heavy (non-hydrogen) atoms. The van der Waals surface area contributed by atoms with Gasteiger partial charge < -0.3 is 9.64 Å². The highest BCUT2D eigenvalue weighted by Crippen LogP contribution is 2.38. The summed E-state index contributed by atoms with van der Waals surface area (Å²) in [5.41, 5.74) is 0.930. The van der Waals surface area contributed by atoms with E-state index in [1.165, 1.54) is 5.56 Å². The lowest BCUT2D eigenvalue weighted by Crippen LogP contribution is -2.52. The van der Waals surface area contributed by atoms with Gasteiger partial charge in [0, 0.05) is 24.7 Å². The number of benzene rings is 1. The van der Waals surface area contributed by atoms with Crippen molar-refractivity contribution in [3.63, 3.8) is 0 Å². The first kappa shape index (κ1) is 17.3. The van der Waals surface area contributed by atoms with E-state index in [-0.39, 0.29) is 6.09 Å². The van der Waals surface area contributed by atoms with Crippen LogP contribution in [0.25, 0.3) is 0 Å². The minimum atomic E-state index is -0.419. The molecule has 0 N–H and O–H groups in total. The van der Waals surface area contributed by atoms with Gasteiger partial charge in [0.15, 0.2) is 0 Å². The smallest absolute Gasteiger partial charge is 0.410 e. The summed E-state index contributed by atoms with van der Waals surface area (Å²) in [7, 11) is 2.21. The number of hydrogen-bond acceptors (Lipinski definition) is 3. The first-order valence-corrected chi connectivity index (χ1v) is 9.09. The first-order valence-electron chi connectivity index (χ1n) is 9.09. The predicted molar refractivity (Wildman–Crippen MR) is 95.8 cm³/mol. The number of hydrogen-bond donors (Lipinski definition) is 0. The van der Waals surface area contributed by atoms with Crippen LogP contribution in [0.5, 0.6) is 0 Å². The van der Waals surface area contributed by atoms with Crippen molar-refractivity contribution in [1.29, 1.82) is 0 Å². The summed E-state index contributed by atoms with van der Waals surface area (Å²) in [4.78, 5) is 17.0. The Kier molecular flexibility index (Phi) is 4.86. The average Bonchev–Trinajstić information content (AvgIpc) is 2.77. The van der Waals surface area contributed by atoms with E-state index in [4.69, 9.17) is 4.74 Å². The van der Waals surface area contributed by atoms with Crippen LogP contribution in [-0.4, -0.2) is 46.7 Å². The molecule has 2 heterocycles. The maximum absolute atomic E-state index is 12.5. The second-order valence-electron chi connectivity index (χ2n) is 8.30. The Bertz CT molecular complexity index is 553. The fourth-order valence-electron chi connectivity index (χ4n) is 4.12. The summed E-state index contributed by atoms with van der Waals surface area (Å²) in [6, 6.07) is 11.8. The van der Waals surface area contributed by atoms with Crippen molar-refractivity contribution in [2.75, 3.05) is 7.05 Å². The average molecular weight is 330 g/mol. The summed E-state index contributed by atoms with van der Waals surface area (Å²) in [5, 5.41) is 0. The highest BCUT2D eigenvalue weighted by molar-refractivity contribution is 5.69. The zero-order chi connectivity index (χ0) is 17.3. The molecule has 2 aliphatic rings. The maximum Gasteiger partial charge on any atom is 0.410 e. The van der Waals surface area contributed by atoms with E-state index in [9.17, 15) is 4.79 Å². The van der Waals surface area contributed by atoms with E-state index in [1.54, 1.807) is 0 Å². The molecule has 3 atom stereocenters. The third-order valence-electron chi connectivity index (χ3n) is 5.21. The van der Waals surface area contributed by atoms with Crippen molar-refractivity contribution < 1.29 is 9.53 Å². The van der Waals surface area contributed by atoms with E-state index in [1.807, 2.05) is 25.7 Å². The topological polar surface area (TPSA) is 32.8 Å². The Morgan fingerprint density at radius 2 is 1.75 bits per heavy atom. The van der Waals surface area contributed by atoms with Gasteiger partial charge in [-0.3, -0.25) is 4.90 Å². The Labute approximate surface area is 145 Å². The lowest BCUT2D eigenvalue weighted by atomic mass is 9.96. The summed E-state index contributed by atoms with van der Waals surface area (Å²) in [6.45, 7) is 6.78. The van der Waals surface area contributed by atoms with Crippen LogP contribution >= 0.6 is 0 Å². The Hall–Kier alpha value is -1.55. The molecular weight excluding hydrogens is 300 g/mol. The molecule has 0 unspecified atom stereocenters. The lowest BCUT2D eigenvalue weighted by Gasteiger charge is -2.42. The molecule has 2 fully saturated rings. The SMILES string of the molecule is CN(Cc1ccccc1)[C@@H]1C[C@H]2CC[C@@H](C1)N2C(=O)OC(C)(C)C. The number of ether oxygens (including phenoxy) is 1. The molecule has 132 valence electrons.